The lowest BCUT2D eigenvalue weighted by Crippen LogP contribution is -2.51. The van der Waals surface area contributed by atoms with Gasteiger partial charge in [0, 0.05) is 38.4 Å². The number of carbonyl (C=O) groups is 1. The molecule has 0 saturated carbocycles. The molecule has 1 aromatic carbocycles. The first-order valence-corrected chi connectivity index (χ1v) is 10.2. The van der Waals surface area contributed by atoms with Crippen molar-refractivity contribution in [3.05, 3.63) is 59.9 Å². The molecule has 0 aliphatic carbocycles. The molecule has 1 aromatic heterocycles. The summed E-state index contributed by atoms with van der Waals surface area (Å²) in [7, 11) is 1.70. The Morgan fingerprint density at radius 1 is 0.964 bits per heavy atom. The molecule has 5 nitrogen and oxygen atoms in total. The number of piperidine rings is 2. The van der Waals surface area contributed by atoms with E-state index in [9.17, 15) is 4.79 Å². The van der Waals surface area contributed by atoms with Gasteiger partial charge >= 0.3 is 0 Å². The lowest BCUT2D eigenvalue weighted by molar-refractivity contribution is -0.140. The third-order valence-electron chi connectivity index (χ3n) is 6.35. The lowest BCUT2D eigenvalue weighted by atomic mass is 9.72. The molecular formula is C23H29N3O2. The molecular weight excluding hydrogens is 350 g/mol. The summed E-state index contributed by atoms with van der Waals surface area (Å²) in [6.07, 6.45) is 7.67. The van der Waals surface area contributed by atoms with E-state index in [1.165, 1.54) is 18.4 Å². The van der Waals surface area contributed by atoms with Gasteiger partial charge in [0.1, 0.15) is 5.75 Å². The highest BCUT2D eigenvalue weighted by atomic mass is 16.5. The van der Waals surface area contributed by atoms with Crippen molar-refractivity contribution in [3.8, 4) is 5.75 Å². The largest absolute Gasteiger partial charge is 0.497 e. The molecule has 2 fully saturated rings. The SMILES string of the molecule is COc1ccc(CN2CCC3(CCC(=O)N(Cc4ccncc4)C3)CC2)cc1. The molecule has 5 heteroatoms. The topological polar surface area (TPSA) is 45.7 Å². The van der Waals surface area contributed by atoms with Gasteiger partial charge in [0.2, 0.25) is 5.91 Å². The summed E-state index contributed by atoms with van der Waals surface area (Å²) in [4.78, 5) is 21.2. The second-order valence-electron chi connectivity index (χ2n) is 8.23. The molecule has 2 saturated heterocycles. The first-order chi connectivity index (χ1) is 13.7. The van der Waals surface area contributed by atoms with Crippen molar-refractivity contribution in [2.24, 2.45) is 5.41 Å². The average molecular weight is 380 g/mol. The molecule has 4 rings (SSSR count). The molecule has 0 unspecified atom stereocenters. The second kappa shape index (κ2) is 8.31. The Kier molecular flexibility index (Phi) is 5.62. The van der Waals surface area contributed by atoms with Crippen LogP contribution in [-0.2, 0) is 17.9 Å². The number of aromatic nitrogens is 1. The van der Waals surface area contributed by atoms with E-state index in [0.717, 1.165) is 43.9 Å². The van der Waals surface area contributed by atoms with Gasteiger partial charge in [0.25, 0.3) is 0 Å². The standard InChI is InChI=1S/C23H29N3O2/c1-28-21-4-2-19(3-5-21)16-25-14-10-23(11-15-25)9-6-22(27)26(18-23)17-20-7-12-24-13-8-20/h2-5,7-8,12-13H,6,9-11,14-18H2,1H3. The molecule has 1 amide bonds. The van der Waals surface area contributed by atoms with Gasteiger partial charge in [-0.2, -0.15) is 0 Å². The van der Waals surface area contributed by atoms with Crippen molar-refractivity contribution in [2.75, 3.05) is 26.7 Å². The molecule has 0 radical (unpaired) electrons. The van der Waals surface area contributed by atoms with Gasteiger partial charge in [0.15, 0.2) is 0 Å². The van der Waals surface area contributed by atoms with Gasteiger partial charge in [-0.3, -0.25) is 14.7 Å². The van der Waals surface area contributed by atoms with Crippen LogP contribution in [0.1, 0.15) is 36.8 Å². The van der Waals surface area contributed by atoms with E-state index < -0.39 is 0 Å². The number of benzene rings is 1. The van der Waals surface area contributed by atoms with Crippen LogP contribution in [0.5, 0.6) is 5.75 Å². The predicted octanol–water partition coefficient (Wildman–Crippen LogP) is 3.50. The van der Waals surface area contributed by atoms with Crippen LogP contribution in [0.25, 0.3) is 0 Å². The van der Waals surface area contributed by atoms with Gasteiger partial charge in [-0.1, -0.05) is 12.1 Å². The van der Waals surface area contributed by atoms with E-state index in [2.05, 4.69) is 26.9 Å². The van der Waals surface area contributed by atoms with Crippen LogP contribution >= 0.6 is 0 Å². The minimum atomic E-state index is 0.289. The van der Waals surface area contributed by atoms with E-state index in [0.29, 0.717) is 18.9 Å². The van der Waals surface area contributed by atoms with Gasteiger partial charge in [0.05, 0.1) is 7.11 Å². The minimum Gasteiger partial charge on any atom is -0.497 e. The van der Waals surface area contributed by atoms with Crippen molar-refractivity contribution in [3.63, 3.8) is 0 Å². The van der Waals surface area contributed by atoms with Crippen molar-refractivity contribution in [2.45, 2.75) is 38.8 Å². The Hall–Kier alpha value is -2.40. The summed E-state index contributed by atoms with van der Waals surface area (Å²) in [6, 6.07) is 12.4. The third-order valence-corrected chi connectivity index (χ3v) is 6.35. The zero-order valence-electron chi connectivity index (χ0n) is 16.6. The maximum Gasteiger partial charge on any atom is 0.222 e. The van der Waals surface area contributed by atoms with Crippen LogP contribution in [0.3, 0.4) is 0 Å². The first kappa shape index (κ1) is 18.9. The van der Waals surface area contributed by atoms with Crippen LogP contribution in [0.4, 0.5) is 0 Å². The van der Waals surface area contributed by atoms with Gasteiger partial charge in [-0.05, 0) is 73.2 Å². The lowest BCUT2D eigenvalue weighted by Gasteiger charge is -2.47. The van der Waals surface area contributed by atoms with E-state index in [1.807, 2.05) is 24.3 Å². The number of nitrogens with zero attached hydrogens (tertiary/aromatic N) is 3. The summed E-state index contributed by atoms with van der Waals surface area (Å²) >= 11 is 0. The molecule has 1 spiro atoms. The van der Waals surface area contributed by atoms with E-state index >= 15 is 0 Å². The number of amides is 1. The molecule has 2 aliphatic heterocycles. The number of rotatable bonds is 5. The number of pyridine rings is 1. The van der Waals surface area contributed by atoms with Crippen molar-refractivity contribution in [1.29, 1.82) is 0 Å². The number of carbonyl (C=O) groups excluding carboxylic acids is 1. The second-order valence-corrected chi connectivity index (χ2v) is 8.23. The molecule has 0 N–H and O–H groups in total. The van der Waals surface area contributed by atoms with Crippen LogP contribution < -0.4 is 4.74 Å². The first-order valence-electron chi connectivity index (χ1n) is 10.2. The van der Waals surface area contributed by atoms with Gasteiger partial charge in [-0.25, -0.2) is 0 Å². The molecule has 28 heavy (non-hydrogen) atoms. The van der Waals surface area contributed by atoms with Crippen molar-refractivity contribution in [1.82, 2.24) is 14.8 Å². The maximum absolute atomic E-state index is 12.5. The third kappa shape index (κ3) is 4.36. The normalized spacial score (nSPS) is 19.8. The van der Waals surface area contributed by atoms with E-state index in [4.69, 9.17) is 4.74 Å². The summed E-state index contributed by atoms with van der Waals surface area (Å²) in [5.74, 6) is 1.20. The number of ether oxygens (including phenoxy) is 1. The Labute approximate surface area is 167 Å². The summed E-state index contributed by atoms with van der Waals surface area (Å²) in [5.41, 5.74) is 2.78. The summed E-state index contributed by atoms with van der Waals surface area (Å²) < 4.78 is 5.25. The van der Waals surface area contributed by atoms with E-state index in [1.54, 1.807) is 19.5 Å². The highest BCUT2D eigenvalue weighted by Crippen LogP contribution is 2.40. The van der Waals surface area contributed by atoms with Crippen molar-refractivity contribution >= 4 is 5.91 Å². The van der Waals surface area contributed by atoms with Gasteiger partial charge in [-0.15, -0.1) is 0 Å². The average Bonchev–Trinajstić information content (AvgIpc) is 2.74. The monoisotopic (exact) mass is 379 g/mol. The van der Waals surface area contributed by atoms with Crippen LogP contribution in [0.2, 0.25) is 0 Å². The molecule has 0 atom stereocenters. The quantitative estimate of drug-likeness (QED) is 0.798. The fraction of sp³-hybridized carbons (Fsp3) is 0.478. The summed E-state index contributed by atoms with van der Waals surface area (Å²) in [5, 5.41) is 0. The fourth-order valence-electron chi connectivity index (χ4n) is 4.54. The van der Waals surface area contributed by atoms with Crippen LogP contribution in [0.15, 0.2) is 48.8 Å². The Morgan fingerprint density at radius 3 is 2.32 bits per heavy atom. The molecule has 2 aliphatic rings. The molecule has 2 aromatic rings. The molecule has 0 bridgehead atoms. The zero-order valence-corrected chi connectivity index (χ0v) is 16.6. The Morgan fingerprint density at radius 2 is 1.64 bits per heavy atom. The fourth-order valence-corrected chi connectivity index (χ4v) is 4.54. The number of hydrogen-bond acceptors (Lipinski definition) is 4. The number of methoxy groups -OCH3 is 1. The minimum absolute atomic E-state index is 0.289. The predicted molar refractivity (Wildman–Crippen MR) is 109 cm³/mol. The highest BCUT2D eigenvalue weighted by molar-refractivity contribution is 5.77. The molecule has 3 heterocycles. The zero-order chi connectivity index (χ0) is 19.4. The van der Waals surface area contributed by atoms with Crippen LogP contribution in [-0.4, -0.2) is 47.4 Å². The van der Waals surface area contributed by atoms with Crippen molar-refractivity contribution < 1.29 is 9.53 Å². The number of likely N-dealkylation sites (tertiary alicyclic amines) is 2. The molecule has 148 valence electrons. The van der Waals surface area contributed by atoms with Gasteiger partial charge < -0.3 is 9.64 Å². The van der Waals surface area contributed by atoms with E-state index in [-0.39, 0.29) is 5.41 Å². The highest BCUT2D eigenvalue weighted by Gasteiger charge is 2.40. The summed E-state index contributed by atoms with van der Waals surface area (Å²) in [6.45, 7) is 4.79. The number of hydrogen-bond donors (Lipinski definition) is 0. The van der Waals surface area contributed by atoms with Crippen LogP contribution in [0, 0.1) is 5.41 Å². The maximum atomic E-state index is 12.5. The smallest absolute Gasteiger partial charge is 0.222 e. The Balaban J connectivity index is 1.34. The Bertz CT molecular complexity index is 783.